The number of furan rings is 1. The molecule has 0 aliphatic carbocycles. The average Bonchev–Trinajstić information content (AvgIpc) is 3.26. The number of carbonyl (C=O) groups is 1. The Bertz CT molecular complexity index is 798. The normalized spacial score (nSPS) is 15.9. The lowest BCUT2D eigenvalue weighted by Gasteiger charge is -2.21. The van der Waals surface area contributed by atoms with Crippen molar-refractivity contribution in [1.29, 1.82) is 0 Å². The molecule has 8 nitrogen and oxygen atoms in total. The summed E-state index contributed by atoms with van der Waals surface area (Å²) in [5, 5.41) is 12.0. The molecule has 1 aliphatic heterocycles. The number of aromatic nitrogens is 3. The van der Waals surface area contributed by atoms with E-state index < -0.39 is 0 Å². The van der Waals surface area contributed by atoms with Gasteiger partial charge in [0.05, 0.1) is 6.04 Å². The zero-order valence-electron chi connectivity index (χ0n) is 18.0. The number of ether oxygens (including phenoxy) is 1. The summed E-state index contributed by atoms with van der Waals surface area (Å²) < 4.78 is 12.9. The first-order chi connectivity index (χ1) is 14.0. The van der Waals surface area contributed by atoms with Crippen LogP contribution in [0, 0.1) is 5.92 Å². The summed E-state index contributed by atoms with van der Waals surface area (Å²) in [6.07, 6.45) is 2.82. The van der Waals surface area contributed by atoms with E-state index in [9.17, 15) is 4.79 Å². The van der Waals surface area contributed by atoms with E-state index in [0.29, 0.717) is 18.3 Å². The molecule has 0 fully saturated rings. The molecule has 0 radical (unpaired) electrons. The van der Waals surface area contributed by atoms with Crippen molar-refractivity contribution in [1.82, 2.24) is 25.0 Å². The fraction of sp³-hybridized carbons (Fsp3) is 0.667. The third-order valence-corrected chi connectivity index (χ3v) is 5.18. The van der Waals surface area contributed by atoms with Crippen LogP contribution in [-0.4, -0.2) is 52.3 Å². The quantitative estimate of drug-likeness (QED) is 0.693. The molecular weight excluding hydrogens is 370 g/mol. The van der Waals surface area contributed by atoms with E-state index in [0.717, 1.165) is 57.1 Å². The highest BCUT2D eigenvalue weighted by Crippen LogP contribution is 2.23. The molecule has 0 saturated carbocycles. The van der Waals surface area contributed by atoms with Gasteiger partial charge in [-0.1, -0.05) is 20.8 Å². The molecule has 1 atom stereocenters. The SMILES string of the molecule is CCCN1CCc2nnc(C(CC(C)C)NC(=O)c3ccc(COC)o3)n2CC1. The van der Waals surface area contributed by atoms with E-state index in [2.05, 4.69) is 45.8 Å². The number of carbonyl (C=O) groups excluding carboxylic acids is 1. The molecule has 1 unspecified atom stereocenters. The maximum atomic E-state index is 12.8. The maximum Gasteiger partial charge on any atom is 0.287 e. The fourth-order valence-electron chi connectivity index (χ4n) is 3.84. The summed E-state index contributed by atoms with van der Waals surface area (Å²) in [5.41, 5.74) is 0. The van der Waals surface area contributed by atoms with Gasteiger partial charge in [-0.15, -0.1) is 10.2 Å². The summed E-state index contributed by atoms with van der Waals surface area (Å²) in [4.78, 5) is 15.3. The van der Waals surface area contributed by atoms with Crippen LogP contribution in [0.5, 0.6) is 0 Å². The van der Waals surface area contributed by atoms with Crippen molar-refractivity contribution in [3.8, 4) is 0 Å². The average molecular weight is 404 g/mol. The molecule has 0 bridgehead atoms. The van der Waals surface area contributed by atoms with Gasteiger partial charge in [0.15, 0.2) is 11.6 Å². The number of hydrogen-bond donors (Lipinski definition) is 1. The summed E-state index contributed by atoms with van der Waals surface area (Å²) in [6, 6.07) is 3.24. The molecule has 3 heterocycles. The highest BCUT2D eigenvalue weighted by Gasteiger charge is 2.27. The maximum absolute atomic E-state index is 12.8. The van der Waals surface area contributed by atoms with Gasteiger partial charge in [0.25, 0.3) is 5.91 Å². The lowest BCUT2D eigenvalue weighted by atomic mass is 10.0. The van der Waals surface area contributed by atoms with Crippen LogP contribution in [0.4, 0.5) is 0 Å². The van der Waals surface area contributed by atoms with Crippen molar-refractivity contribution in [3.05, 3.63) is 35.3 Å². The molecule has 0 spiro atoms. The Morgan fingerprint density at radius 2 is 2.10 bits per heavy atom. The van der Waals surface area contributed by atoms with E-state index in [1.54, 1.807) is 19.2 Å². The van der Waals surface area contributed by atoms with Crippen molar-refractivity contribution in [2.45, 2.75) is 59.2 Å². The van der Waals surface area contributed by atoms with Gasteiger partial charge in [-0.2, -0.15) is 0 Å². The highest BCUT2D eigenvalue weighted by atomic mass is 16.5. The molecule has 2 aromatic heterocycles. The monoisotopic (exact) mass is 403 g/mol. The van der Waals surface area contributed by atoms with Crippen molar-refractivity contribution < 1.29 is 13.9 Å². The molecule has 2 aromatic rings. The van der Waals surface area contributed by atoms with Gasteiger partial charge >= 0.3 is 0 Å². The molecule has 160 valence electrons. The van der Waals surface area contributed by atoms with Gasteiger partial charge in [0.2, 0.25) is 0 Å². The Hall–Kier alpha value is -2.19. The van der Waals surface area contributed by atoms with Gasteiger partial charge in [-0.05, 0) is 37.4 Å². The van der Waals surface area contributed by atoms with E-state index in [4.69, 9.17) is 9.15 Å². The topological polar surface area (TPSA) is 85.4 Å². The van der Waals surface area contributed by atoms with Crippen LogP contribution in [0.1, 0.15) is 67.6 Å². The van der Waals surface area contributed by atoms with Crippen LogP contribution in [0.2, 0.25) is 0 Å². The Morgan fingerprint density at radius 1 is 1.28 bits per heavy atom. The van der Waals surface area contributed by atoms with Gasteiger partial charge < -0.3 is 23.9 Å². The molecule has 1 amide bonds. The number of methoxy groups -OCH3 is 1. The van der Waals surface area contributed by atoms with E-state index in [1.807, 2.05) is 0 Å². The number of rotatable bonds is 9. The van der Waals surface area contributed by atoms with Crippen LogP contribution in [0.25, 0.3) is 0 Å². The van der Waals surface area contributed by atoms with Crippen LogP contribution < -0.4 is 5.32 Å². The predicted octanol–water partition coefficient (Wildman–Crippen LogP) is 2.80. The Labute approximate surface area is 172 Å². The van der Waals surface area contributed by atoms with Gasteiger partial charge in [0.1, 0.15) is 18.2 Å². The van der Waals surface area contributed by atoms with E-state index in [1.165, 1.54) is 0 Å². The Morgan fingerprint density at radius 3 is 2.83 bits per heavy atom. The third kappa shape index (κ3) is 5.45. The highest BCUT2D eigenvalue weighted by molar-refractivity contribution is 5.91. The first-order valence-corrected chi connectivity index (χ1v) is 10.5. The number of hydrogen-bond acceptors (Lipinski definition) is 6. The summed E-state index contributed by atoms with van der Waals surface area (Å²) in [7, 11) is 1.60. The fourth-order valence-corrected chi connectivity index (χ4v) is 3.84. The number of amides is 1. The van der Waals surface area contributed by atoms with Crippen LogP contribution >= 0.6 is 0 Å². The van der Waals surface area contributed by atoms with Crippen molar-refractivity contribution in [3.63, 3.8) is 0 Å². The molecule has 1 aliphatic rings. The number of nitrogens with zero attached hydrogens (tertiary/aromatic N) is 4. The van der Waals surface area contributed by atoms with Crippen LogP contribution in [0.3, 0.4) is 0 Å². The summed E-state index contributed by atoms with van der Waals surface area (Å²) in [5.74, 6) is 2.92. The zero-order chi connectivity index (χ0) is 20.8. The first-order valence-electron chi connectivity index (χ1n) is 10.5. The van der Waals surface area contributed by atoms with E-state index >= 15 is 0 Å². The third-order valence-electron chi connectivity index (χ3n) is 5.18. The molecule has 1 N–H and O–H groups in total. The van der Waals surface area contributed by atoms with Gasteiger partial charge in [-0.3, -0.25) is 4.79 Å². The van der Waals surface area contributed by atoms with Crippen molar-refractivity contribution in [2.24, 2.45) is 5.92 Å². The minimum absolute atomic E-state index is 0.211. The van der Waals surface area contributed by atoms with Gasteiger partial charge in [-0.25, -0.2) is 0 Å². The lowest BCUT2D eigenvalue weighted by Crippen LogP contribution is -2.32. The predicted molar refractivity (Wildman–Crippen MR) is 110 cm³/mol. The minimum Gasteiger partial charge on any atom is -0.453 e. The molecule has 0 aromatic carbocycles. The summed E-state index contributed by atoms with van der Waals surface area (Å²) >= 11 is 0. The summed E-state index contributed by atoms with van der Waals surface area (Å²) in [6.45, 7) is 10.8. The first kappa shape index (κ1) is 21.5. The van der Waals surface area contributed by atoms with Gasteiger partial charge in [0, 0.05) is 33.2 Å². The van der Waals surface area contributed by atoms with Crippen LogP contribution in [-0.2, 0) is 24.3 Å². The van der Waals surface area contributed by atoms with Crippen molar-refractivity contribution >= 4 is 5.91 Å². The number of nitrogens with one attached hydrogen (secondary N) is 1. The second-order valence-electron chi connectivity index (χ2n) is 8.07. The Balaban J connectivity index is 1.77. The molecule has 0 saturated heterocycles. The van der Waals surface area contributed by atoms with Crippen LogP contribution in [0.15, 0.2) is 16.5 Å². The Kier molecular flexibility index (Phi) is 7.44. The largest absolute Gasteiger partial charge is 0.453 e. The minimum atomic E-state index is -0.239. The number of fused-ring (bicyclic) bond motifs is 1. The second kappa shape index (κ2) is 10.0. The lowest BCUT2D eigenvalue weighted by molar-refractivity contribution is 0.0892. The van der Waals surface area contributed by atoms with E-state index in [-0.39, 0.29) is 17.7 Å². The molecule has 8 heteroatoms. The zero-order valence-corrected chi connectivity index (χ0v) is 18.0. The standard InChI is InChI=1S/C21H33N5O3/c1-5-9-25-10-8-19-23-24-20(26(19)12-11-25)17(13-15(2)3)22-21(27)18-7-6-16(29-18)14-28-4/h6-7,15,17H,5,8-14H2,1-4H3,(H,22,27). The second-order valence-corrected chi connectivity index (χ2v) is 8.07. The molecular formula is C21H33N5O3. The molecule has 29 heavy (non-hydrogen) atoms. The van der Waals surface area contributed by atoms with Crippen molar-refractivity contribution in [2.75, 3.05) is 26.7 Å². The smallest absolute Gasteiger partial charge is 0.287 e. The molecule has 3 rings (SSSR count).